The van der Waals surface area contributed by atoms with Crippen molar-refractivity contribution in [2.75, 3.05) is 26.8 Å². The fourth-order valence-corrected chi connectivity index (χ4v) is 2.51. The Hall–Kier alpha value is -0.610. The summed E-state index contributed by atoms with van der Waals surface area (Å²) < 4.78 is 5.30. The average Bonchev–Trinajstić information content (AvgIpc) is 2.96. The van der Waals surface area contributed by atoms with E-state index in [9.17, 15) is 4.79 Å². The molecule has 0 spiro atoms. The van der Waals surface area contributed by atoms with Gasteiger partial charge in [0.15, 0.2) is 0 Å². The summed E-state index contributed by atoms with van der Waals surface area (Å²) in [7, 11) is 1.91. The molecule has 0 radical (unpaired) electrons. The Bertz CT molecular complexity index is 233. The van der Waals surface area contributed by atoms with Crippen LogP contribution in [0.4, 0.5) is 0 Å². The number of hydrogen-bond donors (Lipinski definition) is 1. The highest BCUT2D eigenvalue weighted by molar-refractivity contribution is 5.76. The predicted octanol–water partition coefficient (Wildman–Crippen LogP) is 0.766. The second-order valence-electron chi connectivity index (χ2n) is 4.85. The number of amides is 1. The lowest BCUT2D eigenvalue weighted by Gasteiger charge is -2.23. The molecule has 2 fully saturated rings. The second kappa shape index (κ2) is 5.64. The minimum Gasteiger partial charge on any atom is -0.379 e. The number of carbonyl (C=O) groups is 1. The molecule has 0 aromatic rings. The van der Waals surface area contributed by atoms with Gasteiger partial charge in [0.25, 0.3) is 0 Å². The summed E-state index contributed by atoms with van der Waals surface area (Å²) in [5.41, 5.74) is 0. The maximum atomic E-state index is 11.9. The Labute approximate surface area is 97.3 Å². The third-order valence-corrected chi connectivity index (χ3v) is 3.72. The number of nitrogens with zero attached hydrogens (tertiary/aromatic N) is 1. The summed E-state index contributed by atoms with van der Waals surface area (Å²) >= 11 is 0. The summed E-state index contributed by atoms with van der Waals surface area (Å²) in [6, 6.07) is 0.876. The monoisotopic (exact) mass is 226 g/mol. The third-order valence-electron chi connectivity index (χ3n) is 3.72. The molecule has 2 saturated heterocycles. The number of nitrogens with one attached hydrogen (secondary N) is 1. The van der Waals surface area contributed by atoms with E-state index in [1.165, 1.54) is 12.8 Å². The van der Waals surface area contributed by atoms with E-state index in [1.54, 1.807) is 0 Å². The highest BCUT2D eigenvalue weighted by Gasteiger charge is 2.24. The van der Waals surface area contributed by atoms with Crippen LogP contribution in [0.5, 0.6) is 0 Å². The number of likely N-dealkylation sites (N-methyl/N-ethyl adjacent to an activating group) is 1. The molecule has 2 aliphatic rings. The zero-order valence-electron chi connectivity index (χ0n) is 10.1. The summed E-state index contributed by atoms with van der Waals surface area (Å²) in [5, 5.41) is 3.42. The van der Waals surface area contributed by atoms with Crippen LogP contribution in [0.2, 0.25) is 0 Å². The van der Waals surface area contributed by atoms with Crippen molar-refractivity contribution in [3.8, 4) is 0 Å². The molecule has 0 aliphatic carbocycles. The van der Waals surface area contributed by atoms with Crippen molar-refractivity contribution in [2.45, 2.75) is 44.2 Å². The van der Waals surface area contributed by atoms with Gasteiger partial charge in [0.05, 0.1) is 12.6 Å². The maximum absolute atomic E-state index is 11.9. The zero-order chi connectivity index (χ0) is 11.4. The standard InChI is InChI=1S/C12H22N2O2/c1-14(11-6-8-16-9-11)12(15)5-4-10-3-2-7-13-10/h10-11,13H,2-9H2,1H3. The lowest BCUT2D eigenvalue weighted by molar-refractivity contribution is -0.132. The van der Waals surface area contributed by atoms with Crippen molar-refractivity contribution in [1.29, 1.82) is 0 Å². The van der Waals surface area contributed by atoms with Crippen LogP contribution < -0.4 is 5.32 Å². The Morgan fingerprint density at radius 2 is 2.38 bits per heavy atom. The molecule has 4 nitrogen and oxygen atoms in total. The first kappa shape index (κ1) is 11.9. The SMILES string of the molecule is CN(C(=O)CCC1CCCN1)C1CCOC1. The minimum absolute atomic E-state index is 0.268. The molecule has 92 valence electrons. The highest BCUT2D eigenvalue weighted by atomic mass is 16.5. The van der Waals surface area contributed by atoms with Crippen molar-refractivity contribution >= 4 is 5.91 Å². The predicted molar refractivity (Wildman–Crippen MR) is 62.3 cm³/mol. The molecule has 4 heteroatoms. The van der Waals surface area contributed by atoms with Crippen LogP contribution in [0, 0.1) is 0 Å². The quantitative estimate of drug-likeness (QED) is 0.769. The molecule has 2 heterocycles. The van der Waals surface area contributed by atoms with Gasteiger partial charge in [-0.2, -0.15) is 0 Å². The zero-order valence-corrected chi connectivity index (χ0v) is 10.1. The van der Waals surface area contributed by atoms with E-state index >= 15 is 0 Å². The number of ether oxygens (including phenoxy) is 1. The van der Waals surface area contributed by atoms with Gasteiger partial charge < -0.3 is 15.0 Å². The minimum atomic E-state index is 0.268. The molecule has 0 saturated carbocycles. The van der Waals surface area contributed by atoms with E-state index in [2.05, 4.69) is 5.32 Å². The van der Waals surface area contributed by atoms with Gasteiger partial charge in [-0.3, -0.25) is 4.79 Å². The van der Waals surface area contributed by atoms with Crippen LogP contribution in [0.15, 0.2) is 0 Å². The van der Waals surface area contributed by atoms with Crippen molar-refractivity contribution in [3.05, 3.63) is 0 Å². The Morgan fingerprint density at radius 1 is 1.50 bits per heavy atom. The summed E-state index contributed by atoms with van der Waals surface area (Å²) in [4.78, 5) is 13.8. The number of hydrogen-bond acceptors (Lipinski definition) is 3. The summed E-state index contributed by atoms with van der Waals surface area (Å²) in [5.74, 6) is 0.268. The molecule has 16 heavy (non-hydrogen) atoms. The van der Waals surface area contributed by atoms with E-state index < -0.39 is 0 Å². The van der Waals surface area contributed by atoms with Crippen molar-refractivity contribution < 1.29 is 9.53 Å². The van der Waals surface area contributed by atoms with Gasteiger partial charge in [-0.05, 0) is 32.2 Å². The smallest absolute Gasteiger partial charge is 0.222 e. The summed E-state index contributed by atoms with van der Waals surface area (Å²) in [6.45, 7) is 2.63. The first-order valence-corrected chi connectivity index (χ1v) is 6.34. The first-order chi connectivity index (χ1) is 7.77. The van der Waals surface area contributed by atoms with Crippen molar-refractivity contribution in [2.24, 2.45) is 0 Å². The molecule has 2 rings (SSSR count). The third kappa shape index (κ3) is 2.95. The van der Waals surface area contributed by atoms with Crippen LogP contribution in [-0.4, -0.2) is 49.7 Å². The lowest BCUT2D eigenvalue weighted by atomic mass is 10.1. The Balaban J connectivity index is 1.69. The van der Waals surface area contributed by atoms with Crippen LogP contribution in [-0.2, 0) is 9.53 Å². The van der Waals surface area contributed by atoms with Gasteiger partial charge >= 0.3 is 0 Å². The fraction of sp³-hybridized carbons (Fsp3) is 0.917. The van der Waals surface area contributed by atoms with E-state index in [-0.39, 0.29) is 5.91 Å². The topological polar surface area (TPSA) is 41.6 Å². The van der Waals surface area contributed by atoms with Crippen LogP contribution >= 0.6 is 0 Å². The average molecular weight is 226 g/mol. The number of carbonyl (C=O) groups excluding carboxylic acids is 1. The highest BCUT2D eigenvalue weighted by Crippen LogP contribution is 2.15. The van der Waals surface area contributed by atoms with E-state index in [0.29, 0.717) is 25.1 Å². The van der Waals surface area contributed by atoms with Crippen LogP contribution in [0.25, 0.3) is 0 Å². The molecule has 1 amide bonds. The van der Waals surface area contributed by atoms with E-state index in [1.807, 2.05) is 11.9 Å². The van der Waals surface area contributed by atoms with Gasteiger partial charge in [0.1, 0.15) is 0 Å². The van der Waals surface area contributed by atoms with E-state index in [4.69, 9.17) is 4.74 Å². The molecular formula is C12H22N2O2. The molecule has 0 bridgehead atoms. The molecule has 0 aromatic heterocycles. The molecule has 0 aromatic carbocycles. The maximum Gasteiger partial charge on any atom is 0.222 e. The van der Waals surface area contributed by atoms with Crippen molar-refractivity contribution in [3.63, 3.8) is 0 Å². The van der Waals surface area contributed by atoms with Crippen molar-refractivity contribution in [1.82, 2.24) is 10.2 Å². The van der Waals surface area contributed by atoms with Gasteiger partial charge in [-0.25, -0.2) is 0 Å². The van der Waals surface area contributed by atoms with Gasteiger partial charge in [0, 0.05) is 26.1 Å². The van der Waals surface area contributed by atoms with Gasteiger partial charge in [0.2, 0.25) is 5.91 Å². The fourth-order valence-electron chi connectivity index (χ4n) is 2.51. The largest absolute Gasteiger partial charge is 0.379 e. The normalized spacial score (nSPS) is 29.6. The van der Waals surface area contributed by atoms with Crippen LogP contribution in [0.3, 0.4) is 0 Å². The molecular weight excluding hydrogens is 204 g/mol. The Morgan fingerprint density at radius 3 is 3.00 bits per heavy atom. The molecule has 2 atom stereocenters. The lowest BCUT2D eigenvalue weighted by Crippen LogP contribution is -2.38. The Kier molecular flexibility index (Phi) is 4.18. The molecule has 2 aliphatic heterocycles. The molecule has 1 N–H and O–H groups in total. The number of rotatable bonds is 4. The van der Waals surface area contributed by atoms with E-state index in [0.717, 1.165) is 26.0 Å². The first-order valence-electron chi connectivity index (χ1n) is 6.34. The molecule has 2 unspecified atom stereocenters. The second-order valence-corrected chi connectivity index (χ2v) is 4.85. The van der Waals surface area contributed by atoms with Gasteiger partial charge in [-0.1, -0.05) is 0 Å². The van der Waals surface area contributed by atoms with Crippen LogP contribution in [0.1, 0.15) is 32.1 Å². The van der Waals surface area contributed by atoms with Gasteiger partial charge in [-0.15, -0.1) is 0 Å². The summed E-state index contributed by atoms with van der Waals surface area (Å²) in [6.07, 6.45) is 5.13.